The van der Waals surface area contributed by atoms with Crippen molar-refractivity contribution in [3.05, 3.63) is 48.2 Å². The number of hydrogen-bond acceptors (Lipinski definition) is 4. The number of furan rings is 1. The van der Waals surface area contributed by atoms with Crippen LogP contribution in [0.2, 0.25) is 0 Å². The Morgan fingerprint density at radius 1 is 1.14 bits per heavy atom. The van der Waals surface area contributed by atoms with Crippen molar-refractivity contribution in [2.24, 2.45) is 0 Å². The lowest BCUT2D eigenvalue weighted by Gasteiger charge is -2.03. The molecule has 1 amide bonds. The highest BCUT2D eigenvalue weighted by molar-refractivity contribution is 7.90. The first-order valence-electron chi connectivity index (χ1n) is 6.32. The van der Waals surface area contributed by atoms with E-state index in [9.17, 15) is 13.2 Å². The van der Waals surface area contributed by atoms with E-state index in [-0.39, 0.29) is 6.54 Å². The fourth-order valence-electron chi connectivity index (χ4n) is 1.71. The number of nitrogens with one attached hydrogen (secondary N) is 2. The predicted octanol–water partition coefficient (Wildman–Crippen LogP) is 1.11. The molecule has 0 aliphatic rings. The Bertz CT molecular complexity index is 708. The van der Waals surface area contributed by atoms with Gasteiger partial charge < -0.3 is 9.73 Å². The summed E-state index contributed by atoms with van der Waals surface area (Å²) in [4.78, 5) is 11.5. The zero-order valence-corrected chi connectivity index (χ0v) is 12.3. The van der Waals surface area contributed by atoms with Gasteiger partial charge in [0.25, 0.3) is 0 Å². The summed E-state index contributed by atoms with van der Waals surface area (Å²) in [7, 11) is -2.29. The molecule has 2 aromatic rings. The van der Waals surface area contributed by atoms with Gasteiger partial charge in [0.05, 0.1) is 6.54 Å². The van der Waals surface area contributed by atoms with Crippen LogP contribution in [0.15, 0.2) is 46.9 Å². The maximum atomic E-state index is 11.5. The molecule has 0 spiro atoms. The quantitative estimate of drug-likeness (QED) is 0.837. The topological polar surface area (TPSA) is 88.4 Å². The van der Waals surface area contributed by atoms with Gasteiger partial charge in [0.15, 0.2) is 0 Å². The maximum absolute atomic E-state index is 11.5. The number of hydrogen-bond donors (Lipinski definition) is 2. The van der Waals surface area contributed by atoms with Crippen molar-refractivity contribution in [3.63, 3.8) is 0 Å². The number of sulfonamides is 1. The number of rotatable bonds is 6. The van der Waals surface area contributed by atoms with E-state index < -0.39 is 21.7 Å². The lowest BCUT2D eigenvalue weighted by atomic mass is 10.2. The number of carbonyl (C=O) groups excluding carboxylic acids is 1. The van der Waals surface area contributed by atoms with Gasteiger partial charge >= 0.3 is 0 Å². The fourth-order valence-corrected chi connectivity index (χ4v) is 2.30. The summed E-state index contributed by atoms with van der Waals surface area (Å²) < 4.78 is 30.1. The lowest BCUT2D eigenvalue weighted by molar-refractivity contribution is -0.118. The van der Waals surface area contributed by atoms with Crippen molar-refractivity contribution in [2.45, 2.75) is 6.54 Å². The average molecular weight is 308 g/mol. The van der Waals surface area contributed by atoms with E-state index >= 15 is 0 Å². The van der Waals surface area contributed by atoms with Crippen molar-refractivity contribution >= 4 is 15.9 Å². The summed E-state index contributed by atoms with van der Waals surface area (Å²) in [6.07, 6.45) is 0. The van der Waals surface area contributed by atoms with Gasteiger partial charge in [-0.15, -0.1) is 0 Å². The molecule has 1 heterocycles. The average Bonchev–Trinajstić information content (AvgIpc) is 2.95. The molecule has 0 aliphatic carbocycles. The molecule has 112 valence electrons. The minimum absolute atomic E-state index is 0.144. The van der Waals surface area contributed by atoms with Crippen LogP contribution in [-0.4, -0.2) is 27.1 Å². The third-order valence-corrected chi connectivity index (χ3v) is 4.08. The zero-order chi connectivity index (χ0) is 15.3. The first-order valence-corrected chi connectivity index (χ1v) is 7.97. The molecule has 2 N–H and O–H groups in total. The molecule has 0 unspecified atom stereocenters. The van der Waals surface area contributed by atoms with Gasteiger partial charge in [-0.2, -0.15) is 0 Å². The van der Waals surface area contributed by atoms with E-state index in [0.29, 0.717) is 11.5 Å². The summed E-state index contributed by atoms with van der Waals surface area (Å²) in [5, 5.41) is 2.50. The van der Waals surface area contributed by atoms with Gasteiger partial charge in [-0.3, -0.25) is 4.79 Å². The standard InChI is InChI=1S/C14H16N2O4S/c1-15-21(18,19)10-14(17)16-9-12-7-8-13(20-12)11-5-3-2-4-6-11/h2-8,15H,9-10H2,1H3,(H,16,17). The van der Waals surface area contributed by atoms with Crippen LogP contribution < -0.4 is 10.0 Å². The van der Waals surface area contributed by atoms with E-state index in [1.165, 1.54) is 7.05 Å². The summed E-state index contributed by atoms with van der Waals surface area (Å²) in [5.74, 6) is 0.0733. The normalized spacial score (nSPS) is 11.3. The minimum atomic E-state index is -3.55. The largest absolute Gasteiger partial charge is 0.459 e. The molecular weight excluding hydrogens is 292 g/mol. The van der Waals surface area contributed by atoms with E-state index in [4.69, 9.17) is 4.42 Å². The molecule has 21 heavy (non-hydrogen) atoms. The van der Waals surface area contributed by atoms with Gasteiger partial charge in [-0.1, -0.05) is 30.3 Å². The van der Waals surface area contributed by atoms with E-state index in [1.54, 1.807) is 12.1 Å². The molecule has 0 radical (unpaired) electrons. The van der Waals surface area contributed by atoms with E-state index in [1.807, 2.05) is 30.3 Å². The van der Waals surface area contributed by atoms with Crippen LogP contribution in [0.1, 0.15) is 5.76 Å². The van der Waals surface area contributed by atoms with Gasteiger partial charge in [0.1, 0.15) is 17.3 Å². The molecule has 0 bridgehead atoms. The van der Waals surface area contributed by atoms with E-state index in [2.05, 4.69) is 10.0 Å². The third kappa shape index (κ3) is 4.44. The lowest BCUT2D eigenvalue weighted by Crippen LogP contribution is -2.34. The summed E-state index contributed by atoms with van der Waals surface area (Å²) >= 11 is 0. The predicted molar refractivity (Wildman–Crippen MR) is 78.8 cm³/mol. The van der Waals surface area contributed by atoms with Crippen molar-refractivity contribution in [3.8, 4) is 11.3 Å². The second-order valence-electron chi connectivity index (χ2n) is 4.37. The van der Waals surface area contributed by atoms with Gasteiger partial charge in [0.2, 0.25) is 15.9 Å². The molecule has 0 aliphatic heterocycles. The molecular formula is C14H16N2O4S. The molecule has 0 fully saturated rings. The van der Waals surface area contributed by atoms with Crippen molar-refractivity contribution < 1.29 is 17.6 Å². The van der Waals surface area contributed by atoms with Gasteiger partial charge in [0, 0.05) is 5.56 Å². The van der Waals surface area contributed by atoms with E-state index in [0.717, 1.165) is 5.56 Å². The zero-order valence-electron chi connectivity index (χ0n) is 11.5. The van der Waals surface area contributed by atoms with Crippen LogP contribution in [0, 0.1) is 0 Å². The summed E-state index contributed by atoms with van der Waals surface area (Å²) in [6.45, 7) is 0.144. The molecule has 0 saturated heterocycles. The monoisotopic (exact) mass is 308 g/mol. The Balaban J connectivity index is 1.93. The highest BCUT2D eigenvalue weighted by Gasteiger charge is 2.14. The van der Waals surface area contributed by atoms with Crippen molar-refractivity contribution in [2.75, 3.05) is 12.8 Å². The van der Waals surface area contributed by atoms with Crippen LogP contribution in [0.3, 0.4) is 0 Å². The molecule has 6 nitrogen and oxygen atoms in total. The molecule has 1 aromatic heterocycles. The highest BCUT2D eigenvalue weighted by atomic mass is 32.2. The summed E-state index contributed by atoms with van der Waals surface area (Å²) in [5.41, 5.74) is 0.938. The van der Waals surface area contributed by atoms with Crippen LogP contribution in [0.4, 0.5) is 0 Å². The Morgan fingerprint density at radius 2 is 1.86 bits per heavy atom. The third-order valence-electron chi connectivity index (χ3n) is 2.81. The van der Waals surface area contributed by atoms with Crippen LogP contribution in [0.5, 0.6) is 0 Å². The Hall–Kier alpha value is -2.12. The smallest absolute Gasteiger partial charge is 0.236 e. The minimum Gasteiger partial charge on any atom is -0.459 e. The SMILES string of the molecule is CNS(=O)(=O)CC(=O)NCc1ccc(-c2ccccc2)o1. The molecule has 2 rings (SSSR count). The first kappa shape index (κ1) is 15.3. The highest BCUT2D eigenvalue weighted by Crippen LogP contribution is 2.21. The Morgan fingerprint density at radius 3 is 2.52 bits per heavy atom. The first-order chi connectivity index (χ1) is 10.00. The van der Waals surface area contributed by atoms with Crippen LogP contribution in [-0.2, 0) is 21.4 Å². The van der Waals surface area contributed by atoms with Gasteiger partial charge in [-0.25, -0.2) is 13.1 Å². The maximum Gasteiger partial charge on any atom is 0.236 e. The second kappa shape index (κ2) is 6.55. The molecule has 0 atom stereocenters. The number of amides is 1. The molecule has 7 heteroatoms. The second-order valence-corrected chi connectivity index (χ2v) is 6.30. The van der Waals surface area contributed by atoms with Crippen LogP contribution in [0.25, 0.3) is 11.3 Å². The number of carbonyl (C=O) groups is 1. The van der Waals surface area contributed by atoms with Gasteiger partial charge in [-0.05, 0) is 19.2 Å². The Labute approximate surface area is 123 Å². The van der Waals surface area contributed by atoms with Crippen LogP contribution >= 0.6 is 0 Å². The molecule has 0 saturated carbocycles. The molecule has 1 aromatic carbocycles. The number of benzene rings is 1. The van der Waals surface area contributed by atoms with Crippen molar-refractivity contribution in [1.82, 2.24) is 10.0 Å². The summed E-state index contributed by atoms with van der Waals surface area (Å²) in [6, 6.07) is 13.1. The fraction of sp³-hybridized carbons (Fsp3) is 0.214. The van der Waals surface area contributed by atoms with Crippen molar-refractivity contribution in [1.29, 1.82) is 0 Å². The Kier molecular flexibility index (Phi) is 4.77.